The second-order valence-corrected chi connectivity index (χ2v) is 9.87. The number of likely N-dealkylation sites (tertiary alicyclic amines) is 1. The van der Waals surface area contributed by atoms with Crippen molar-refractivity contribution in [3.05, 3.63) is 11.8 Å². The number of rotatable bonds is 18. The molecule has 7 nitrogen and oxygen atoms in total. The summed E-state index contributed by atoms with van der Waals surface area (Å²) in [7, 11) is 0. The van der Waals surface area contributed by atoms with E-state index in [2.05, 4.69) is 22.3 Å². The van der Waals surface area contributed by atoms with Crippen molar-refractivity contribution < 1.29 is 14.1 Å². The first kappa shape index (κ1) is 28.3. The van der Waals surface area contributed by atoms with E-state index >= 15 is 0 Å². The van der Waals surface area contributed by atoms with Crippen LogP contribution < -0.4 is 5.32 Å². The molecule has 1 aliphatic heterocycles. The van der Waals surface area contributed by atoms with Gasteiger partial charge in [-0.05, 0) is 39.3 Å². The monoisotopic (exact) mass is 476 g/mol. The maximum Gasteiger partial charge on any atom is 0.245 e. The normalized spacial score (nSPS) is 14.3. The fourth-order valence-electron chi connectivity index (χ4n) is 4.62. The van der Waals surface area contributed by atoms with E-state index in [9.17, 15) is 9.59 Å². The quantitative estimate of drug-likeness (QED) is 0.265. The molecule has 34 heavy (non-hydrogen) atoms. The number of nitrogens with one attached hydrogen (secondary N) is 1. The average molecular weight is 477 g/mol. The van der Waals surface area contributed by atoms with Crippen LogP contribution in [0.1, 0.15) is 109 Å². The summed E-state index contributed by atoms with van der Waals surface area (Å²) < 4.78 is 5.02. The molecule has 0 spiro atoms. The lowest BCUT2D eigenvalue weighted by molar-refractivity contribution is -0.135. The highest BCUT2D eigenvalue weighted by atomic mass is 16.5. The molecule has 0 atom stereocenters. The zero-order valence-corrected chi connectivity index (χ0v) is 21.8. The Labute approximate surface area is 207 Å². The van der Waals surface area contributed by atoms with Gasteiger partial charge in [0, 0.05) is 25.6 Å². The number of aryl methyl sites for hydroxylation is 1. The summed E-state index contributed by atoms with van der Waals surface area (Å²) in [5.41, 5.74) is 0. The second kappa shape index (κ2) is 17.5. The third-order valence-electron chi connectivity index (χ3n) is 6.71. The van der Waals surface area contributed by atoms with E-state index in [1.54, 1.807) is 17.9 Å². The first-order valence-corrected chi connectivity index (χ1v) is 13.8. The van der Waals surface area contributed by atoms with Crippen LogP contribution in [0.25, 0.3) is 0 Å². The second-order valence-electron chi connectivity index (χ2n) is 9.87. The zero-order chi connectivity index (χ0) is 24.4. The molecule has 0 saturated carbocycles. The van der Waals surface area contributed by atoms with Gasteiger partial charge in [-0.3, -0.25) is 9.59 Å². The van der Waals surface area contributed by atoms with Crippen molar-refractivity contribution in [3.63, 3.8) is 0 Å². The Balaban J connectivity index is 1.67. The predicted molar refractivity (Wildman–Crippen MR) is 138 cm³/mol. The van der Waals surface area contributed by atoms with E-state index < -0.39 is 0 Å². The van der Waals surface area contributed by atoms with Crippen LogP contribution in [0.2, 0.25) is 0 Å². The Hall–Kier alpha value is -1.89. The van der Waals surface area contributed by atoms with Crippen molar-refractivity contribution >= 4 is 17.6 Å². The highest BCUT2D eigenvalue weighted by molar-refractivity contribution is 5.93. The molecule has 0 aliphatic carbocycles. The average Bonchev–Trinajstić information content (AvgIpc) is 3.24. The molecule has 1 aromatic rings. The third-order valence-corrected chi connectivity index (χ3v) is 6.71. The number of carbonyl (C=O) groups excluding carboxylic acids is 2. The topological polar surface area (TPSA) is 78.7 Å². The molecular formula is C27H48N4O3. The van der Waals surface area contributed by atoms with E-state index in [0.29, 0.717) is 24.5 Å². The first-order chi connectivity index (χ1) is 16.6. The van der Waals surface area contributed by atoms with Gasteiger partial charge in [0.25, 0.3) is 0 Å². The lowest BCUT2D eigenvalue weighted by Crippen LogP contribution is -2.43. The minimum absolute atomic E-state index is 0.0661. The van der Waals surface area contributed by atoms with E-state index in [4.69, 9.17) is 4.52 Å². The Kier molecular flexibility index (Phi) is 14.6. The maximum absolute atomic E-state index is 13.0. The Morgan fingerprint density at radius 1 is 0.971 bits per heavy atom. The molecule has 0 unspecified atom stereocenters. The van der Waals surface area contributed by atoms with Crippen LogP contribution in [0.15, 0.2) is 10.6 Å². The lowest BCUT2D eigenvalue weighted by Gasteiger charge is -2.30. The molecule has 2 heterocycles. The summed E-state index contributed by atoms with van der Waals surface area (Å²) in [5, 5.41) is 6.56. The fraction of sp³-hybridized carbons (Fsp3) is 0.815. The molecule has 1 saturated heterocycles. The van der Waals surface area contributed by atoms with Gasteiger partial charge in [-0.2, -0.15) is 0 Å². The molecule has 1 aromatic heterocycles. The smallest absolute Gasteiger partial charge is 0.245 e. The summed E-state index contributed by atoms with van der Waals surface area (Å²) in [4.78, 5) is 29.6. The van der Waals surface area contributed by atoms with Crippen LogP contribution >= 0.6 is 0 Å². The lowest BCUT2D eigenvalue weighted by atomic mass is 10.1. The summed E-state index contributed by atoms with van der Waals surface area (Å²) in [6, 6.07) is 1.68. The minimum atomic E-state index is -0.223. The SMILES string of the molecule is CCCCCCCCCCCCCC(=O)N(CCN1CCCCC1)CC(=O)Nc1cc(C)on1. The molecule has 1 aliphatic rings. The van der Waals surface area contributed by atoms with Crippen LogP contribution in [-0.4, -0.2) is 59.5 Å². The van der Waals surface area contributed by atoms with Gasteiger partial charge in [0.2, 0.25) is 11.8 Å². The molecule has 2 amide bonds. The molecule has 7 heteroatoms. The van der Waals surface area contributed by atoms with Gasteiger partial charge in [0.15, 0.2) is 5.82 Å². The van der Waals surface area contributed by atoms with Gasteiger partial charge in [-0.25, -0.2) is 0 Å². The number of aromatic nitrogens is 1. The minimum Gasteiger partial charge on any atom is -0.360 e. The van der Waals surface area contributed by atoms with E-state index in [-0.39, 0.29) is 18.4 Å². The van der Waals surface area contributed by atoms with E-state index in [1.165, 1.54) is 77.0 Å². The standard InChI is InChI=1S/C27H48N4O3/c1-3-4-5-6-7-8-9-10-11-12-14-17-27(33)31(21-20-30-18-15-13-16-19-30)23-26(32)28-25-22-24(2)34-29-25/h22H,3-21,23H2,1-2H3,(H,28,29,32). The Bertz CT molecular complexity index is 685. The number of carbonyl (C=O) groups is 2. The largest absolute Gasteiger partial charge is 0.360 e. The number of hydrogen-bond donors (Lipinski definition) is 1. The molecule has 0 radical (unpaired) electrons. The highest BCUT2D eigenvalue weighted by Crippen LogP contribution is 2.14. The zero-order valence-electron chi connectivity index (χ0n) is 21.8. The van der Waals surface area contributed by atoms with Crippen LogP contribution in [0, 0.1) is 6.92 Å². The summed E-state index contributed by atoms with van der Waals surface area (Å²) >= 11 is 0. The van der Waals surface area contributed by atoms with Crippen LogP contribution in [0.5, 0.6) is 0 Å². The molecule has 2 rings (SSSR count). The number of anilines is 1. The van der Waals surface area contributed by atoms with Crippen molar-refractivity contribution in [2.45, 2.75) is 110 Å². The number of nitrogens with zero attached hydrogens (tertiary/aromatic N) is 3. The van der Waals surface area contributed by atoms with Gasteiger partial charge in [-0.15, -0.1) is 0 Å². The number of unbranched alkanes of at least 4 members (excludes halogenated alkanes) is 10. The maximum atomic E-state index is 13.0. The number of hydrogen-bond acceptors (Lipinski definition) is 5. The van der Waals surface area contributed by atoms with Crippen LogP contribution in [0.4, 0.5) is 5.82 Å². The third kappa shape index (κ3) is 12.5. The van der Waals surface area contributed by atoms with Crippen LogP contribution in [0.3, 0.4) is 0 Å². The van der Waals surface area contributed by atoms with Crippen molar-refractivity contribution in [2.24, 2.45) is 0 Å². The molecule has 0 aromatic carbocycles. The summed E-state index contributed by atoms with van der Waals surface area (Å²) in [6.07, 6.45) is 18.1. The van der Waals surface area contributed by atoms with Gasteiger partial charge < -0.3 is 19.6 Å². The molecular weight excluding hydrogens is 428 g/mol. The van der Waals surface area contributed by atoms with E-state index in [1.807, 2.05) is 0 Å². The fourth-order valence-corrected chi connectivity index (χ4v) is 4.62. The molecule has 194 valence electrons. The van der Waals surface area contributed by atoms with Crippen molar-refractivity contribution in [3.8, 4) is 0 Å². The van der Waals surface area contributed by atoms with Crippen molar-refractivity contribution in [2.75, 3.05) is 38.0 Å². The molecule has 1 N–H and O–H groups in total. The highest BCUT2D eigenvalue weighted by Gasteiger charge is 2.19. The molecule has 1 fully saturated rings. The molecule has 0 bridgehead atoms. The number of amides is 2. The van der Waals surface area contributed by atoms with Crippen LogP contribution in [-0.2, 0) is 9.59 Å². The van der Waals surface area contributed by atoms with E-state index in [0.717, 1.165) is 32.5 Å². The van der Waals surface area contributed by atoms with Crippen molar-refractivity contribution in [1.82, 2.24) is 15.0 Å². The van der Waals surface area contributed by atoms with Crippen molar-refractivity contribution in [1.29, 1.82) is 0 Å². The number of piperidine rings is 1. The first-order valence-electron chi connectivity index (χ1n) is 13.8. The Morgan fingerprint density at radius 3 is 2.18 bits per heavy atom. The van der Waals surface area contributed by atoms with Gasteiger partial charge >= 0.3 is 0 Å². The van der Waals surface area contributed by atoms with Gasteiger partial charge in [-0.1, -0.05) is 82.7 Å². The van der Waals surface area contributed by atoms with Gasteiger partial charge in [0.05, 0.1) is 6.54 Å². The Morgan fingerprint density at radius 2 is 1.59 bits per heavy atom. The predicted octanol–water partition coefficient (Wildman–Crippen LogP) is 5.94. The summed E-state index contributed by atoms with van der Waals surface area (Å²) in [6.45, 7) is 7.72. The summed E-state index contributed by atoms with van der Waals surface area (Å²) in [5.74, 6) is 0.903. The van der Waals surface area contributed by atoms with Gasteiger partial charge in [0.1, 0.15) is 5.76 Å².